The lowest BCUT2D eigenvalue weighted by Gasteiger charge is -2.08. The summed E-state index contributed by atoms with van der Waals surface area (Å²) in [5, 5.41) is 0. The fraction of sp³-hybridized carbons (Fsp3) is 0. The van der Waals surface area contributed by atoms with E-state index in [1.807, 2.05) is 0 Å². The van der Waals surface area contributed by atoms with Gasteiger partial charge in [-0.3, -0.25) is 0 Å². The predicted molar refractivity (Wildman–Crippen MR) is 26.1 cm³/mol. The molecular weight excluding hydrogens is 127 g/mol. The van der Waals surface area contributed by atoms with Crippen molar-refractivity contribution in [3.63, 3.8) is 0 Å². The molecule has 0 aromatic carbocycles. The first-order valence-electron chi connectivity index (χ1n) is 0.765. The summed E-state index contributed by atoms with van der Waals surface area (Å²) in [6.07, 6.45) is 0. The molecule has 0 atom stereocenters. The summed E-state index contributed by atoms with van der Waals surface area (Å²) < 4.78 is 0. The maximum Gasteiger partial charge on any atom is 0.0496 e. The average molecular weight is 129 g/mol. The molecule has 0 fully saturated rings. The highest BCUT2D eigenvalue weighted by atomic mass is 32.9. The fourth-order valence-electron chi connectivity index (χ4n) is 0. The van der Waals surface area contributed by atoms with Gasteiger partial charge in [0.25, 0.3) is 0 Å². The van der Waals surface area contributed by atoms with Crippen molar-refractivity contribution in [1.82, 2.24) is 0 Å². The van der Waals surface area contributed by atoms with Gasteiger partial charge in [0.1, 0.15) is 0 Å². The van der Waals surface area contributed by atoms with Gasteiger partial charge in [0.15, 0.2) is 0 Å². The van der Waals surface area contributed by atoms with E-state index in [0.29, 0.717) is 0 Å². The zero-order chi connectivity index (χ0) is 4.50. The highest BCUT2D eigenvalue weighted by Gasteiger charge is 1.71. The van der Waals surface area contributed by atoms with Gasteiger partial charge in [-0.15, -0.1) is 0 Å². The Balaban J connectivity index is 3.47. The normalized spacial score (nSPS) is 11.8. The Kier molecular flexibility index (Phi) is 1.87. The first-order chi connectivity index (χ1) is 2.00. The lowest BCUT2D eigenvalue weighted by Crippen LogP contribution is -1.60. The minimum atomic E-state index is -3.22. The molecule has 5 heavy (non-hydrogen) atoms. The third kappa shape index (κ3) is 49.6. The van der Waals surface area contributed by atoms with Gasteiger partial charge in [-0.25, -0.2) is 0 Å². The zero-order valence-electron chi connectivity index (χ0n) is 2.16. The summed E-state index contributed by atoms with van der Waals surface area (Å²) in [5.41, 5.74) is -3.22. The summed E-state index contributed by atoms with van der Waals surface area (Å²) in [6, 6.07) is 0. The molecule has 0 bridgehead atoms. The van der Waals surface area contributed by atoms with Crippen LogP contribution >= 0.6 is 5.69 Å². The van der Waals surface area contributed by atoms with Gasteiger partial charge >= 0.3 is 0 Å². The van der Waals surface area contributed by atoms with Gasteiger partial charge in [-0.1, -0.05) is 11.8 Å². The molecule has 5 heteroatoms. The highest BCUT2D eigenvalue weighted by Crippen LogP contribution is 2.29. The summed E-state index contributed by atoms with van der Waals surface area (Å²) in [6.45, 7) is 0. The van der Waals surface area contributed by atoms with Crippen molar-refractivity contribution in [3.05, 3.63) is 0 Å². The van der Waals surface area contributed by atoms with Crippen LogP contribution in [-0.2, 0) is 24.1 Å². The van der Waals surface area contributed by atoms with Crippen LogP contribution in [0, 0.1) is 0 Å². The lowest BCUT2D eigenvalue weighted by atomic mass is 15.9. The molecule has 0 heterocycles. The Morgan fingerprint density at radius 2 is 1.60 bits per heavy atom. The van der Waals surface area contributed by atoms with Gasteiger partial charge in [0, 0.05) is 5.69 Å². The largest absolute Gasteiger partial charge is 0.692 e. The van der Waals surface area contributed by atoms with E-state index in [1.54, 1.807) is 0 Å². The average Bonchev–Trinajstić information content (AvgIpc) is 0.722. The van der Waals surface area contributed by atoms with Crippen LogP contribution in [0.5, 0.6) is 0 Å². The minimum Gasteiger partial charge on any atom is -0.692 e. The van der Waals surface area contributed by atoms with E-state index in [-0.39, 0.29) is 0 Å². The van der Waals surface area contributed by atoms with Crippen molar-refractivity contribution in [3.8, 4) is 0 Å². The standard InChI is InChI=1S/H3O2PS2/c1-3(2,4)5/h(H3,1,2,4,5)/p-1. The topological polar surface area (TPSA) is 40.5 Å². The summed E-state index contributed by atoms with van der Waals surface area (Å²) in [4.78, 5) is 15.6. The van der Waals surface area contributed by atoms with E-state index in [1.165, 1.54) is 0 Å². The Morgan fingerprint density at radius 3 is 1.60 bits per heavy atom. The maximum atomic E-state index is 7.82. The first-order valence-corrected chi connectivity index (χ1v) is 4.49. The van der Waals surface area contributed by atoms with E-state index >= 15 is 0 Å². The molecule has 0 aromatic heterocycles. The second-order valence-corrected chi connectivity index (χ2v) is 5.22. The Labute approximate surface area is 40.2 Å². The Hall–Kier alpha value is 0.920. The lowest BCUT2D eigenvalue weighted by molar-refractivity contribution is 0.502. The second kappa shape index (κ2) is 1.58. The van der Waals surface area contributed by atoms with E-state index in [4.69, 9.17) is 9.79 Å². The summed E-state index contributed by atoms with van der Waals surface area (Å²) >= 11 is 7.73. The molecule has 0 spiro atoms. The number of rotatable bonds is 0. The minimum absolute atomic E-state index is 3.22. The molecule has 0 aliphatic heterocycles. The van der Waals surface area contributed by atoms with Gasteiger partial charge < -0.3 is 22.0 Å². The molecule has 0 saturated carbocycles. The molecule has 0 aromatic rings. The van der Waals surface area contributed by atoms with Crippen LogP contribution in [0.4, 0.5) is 0 Å². The molecule has 2 nitrogen and oxygen atoms in total. The van der Waals surface area contributed by atoms with Crippen LogP contribution in [0.3, 0.4) is 0 Å². The van der Waals surface area contributed by atoms with Crippen molar-refractivity contribution in [2.24, 2.45) is 0 Å². The zero-order valence-corrected chi connectivity index (χ0v) is 4.69. The molecule has 2 N–H and O–H groups in total. The van der Waals surface area contributed by atoms with Crippen LogP contribution in [-0.4, -0.2) is 9.79 Å². The van der Waals surface area contributed by atoms with Crippen molar-refractivity contribution in [2.75, 3.05) is 0 Å². The van der Waals surface area contributed by atoms with E-state index < -0.39 is 5.69 Å². The molecule has 0 amide bonds. The third-order valence-electron chi connectivity index (χ3n) is 0. The number of hydrogen-bond donors (Lipinski definition) is 2. The number of hydrogen-bond acceptors (Lipinski definition) is 2. The monoisotopic (exact) mass is 129 g/mol. The molecular formula is H2O2PS2-. The van der Waals surface area contributed by atoms with Crippen molar-refractivity contribution in [1.29, 1.82) is 0 Å². The molecule has 0 aliphatic rings. The van der Waals surface area contributed by atoms with Crippen LogP contribution in [0.1, 0.15) is 0 Å². The summed E-state index contributed by atoms with van der Waals surface area (Å²) in [5.74, 6) is 0. The molecule has 0 radical (unpaired) electrons. The van der Waals surface area contributed by atoms with Crippen LogP contribution < -0.4 is 0 Å². The smallest absolute Gasteiger partial charge is 0.0496 e. The molecule has 0 unspecified atom stereocenters. The van der Waals surface area contributed by atoms with Crippen molar-refractivity contribution >= 4 is 29.7 Å². The molecule has 0 rings (SSSR count). The Bertz CT molecular complexity index is 53.8. The van der Waals surface area contributed by atoms with Gasteiger partial charge in [-0.05, 0) is 0 Å². The van der Waals surface area contributed by atoms with Gasteiger partial charge in [-0.2, -0.15) is 0 Å². The molecule has 0 saturated heterocycles. The predicted octanol–water partition coefficient (Wildman–Crippen LogP) is -0.258. The quantitative estimate of drug-likeness (QED) is 0.349. The van der Waals surface area contributed by atoms with E-state index in [2.05, 4.69) is 24.1 Å². The first kappa shape index (κ1) is 5.92. The summed E-state index contributed by atoms with van der Waals surface area (Å²) in [7, 11) is 0. The van der Waals surface area contributed by atoms with Gasteiger partial charge in [0.2, 0.25) is 0 Å². The third-order valence-corrected chi connectivity index (χ3v) is 0. The molecule has 32 valence electrons. The van der Waals surface area contributed by atoms with Gasteiger partial charge in [0.05, 0.1) is 0 Å². The highest BCUT2D eigenvalue weighted by molar-refractivity contribution is 8.50. The van der Waals surface area contributed by atoms with Crippen molar-refractivity contribution in [2.45, 2.75) is 0 Å². The van der Waals surface area contributed by atoms with E-state index in [0.717, 1.165) is 0 Å². The van der Waals surface area contributed by atoms with Crippen LogP contribution in [0.2, 0.25) is 0 Å². The Morgan fingerprint density at radius 1 is 1.60 bits per heavy atom. The fourth-order valence-corrected chi connectivity index (χ4v) is 0. The van der Waals surface area contributed by atoms with Crippen molar-refractivity contribution < 1.29 is 9.79 Å². The SMILES string of the molecule is OP(O)(=S)[S-]. The van der Waals surface area contributed by atoms with Crippen LogP contribution in [0.25, 0.3) is 0 Å². The van der Waals surface area contributed by atoms with Crippen LogP contribution in [0.15, 0.2) is 0 Å². The van der Waals surface area contributed by atoms with E-state index in [9.17, 15) is 0 Å². The maximum absolute atomic E-state index is 7.82. The molecule has 0 aliphatic carbocycles. The second-order valence-electron chi connectivity index (χ2n) is 0.491.